The van der Waals surface area contributed by atoms with Gasteiger partial charge in [-0.25, -0.2) is 4.39 Å². The van der Waals surface area contributed by atoms with Crippen LogP contribution in [0.4, 0.5) is 10.1 Å². The van der Waals surface area contributed by atoms with Crippen LogP contribution < -0.4 is 5.32 Å². The Balaban J connectivity index is 2.05. The molecule has 0 aliphatic heterocycles. The molecule has 3 rings (SSSR count). The molecule has 4 nitrogen and oxygen atoms in total. The number of hydrogen-bond acceptors (Lipinski definition) is 2. The first-order chi connectivity index (χ1) is 11.0. The predicted molar refractivity (Wildman–Crippen MR) is 90.3 cm³/mol. The second kappa shape index (κ2) is 5.96. The molecule has 0 bridgehead atoms. The Labute approximate surface area is 140 Å². The highest BCUT2D eigenvalue weighted by atomic mass is 79.9. The molecule has 0 aliphatic rings. The zero-order valence-electron chi connectivity index (χ0n) is 12.1. The van der Waals surface area contributed by atoms with Gasteiger partial charge in [0.15, 0.2) is 0 Å². The van der Waals surface area contributed by atoms with E-state index in [1.54, 1.807) is 18.2 Å². The van der Waals surface area contributed by atoms with E-state index < -0.39 is 5.82 Å². The standard InChI is InChI=1S/C17H12BrFN2O2/c1-10(22)21-9-15(14-6-5-12(19)8-16(14)21)17(23)20-13-4-2-3-11(18)7-13/h2-9H,1H3,(H,20,23). The highest BCUT2D eigenvalue weighted by molar-refractivity contribution is 9.10. The molecule has 3 aromatic rings. The third-order valence-corrected chi connectivity index (χ3v) is 3.93. The average Bonchev–Trinajstić information content (AvgIpc) is 2.86. The lowest BCUT2D eigenvalue weighted by Gasteiger charge is -2.04. The predicted octanol–water partition coefficient (Wildman–Crippen LogP) is 4.46. The Morgan fingerprint density at radius 2 is 1.96 bits per heavy atom. The maximum Gasteiger partial charge on any atom is 0.257 e. The Bertz CT molecular complexity index is 933. The van der Waals surface area contributed by atoms with Crippen molar-refractivity contribution in [2.75, 3.05) is 5.32 Å². The lowest BCUT2D eigenvalue weighted by Crippen LogP contribution is -2.11. The number of carbonyl (C=O) groups excluding carboxylic acids is 2. The number of rotatable bonds is 2. The van der Waals surface area contributed by atoms with Crippen molar-refractivity contribution >= 4 is 44.3 Å². The van der Waals surface area contributed by atoms with Crippen molar-refractivity contribution in [2.45, 2.75) is 6.92 Å². The van der Waals surface area contributed by atoms with Crippen LogP contribution in [0.3, 0.4) is 0 Å². The largest absolute Gasteiger partial charge is 0.322 e. The van der Waals surface area contributed by atoms with E-state index in [4.69, 9.17) is 0 Å². The first-order valence-electron chi connectivity index (χ1n) is 6.84. The van der Waals surface area contributed by atoms with Crippen molar-refractivity contribution in [2.24, 2.45) is 0 Å². The van der Waals surface area contributed by atoms with Crippen molar-refractivity contribution in [3.63, 3.8) is 0 Å². The van der Waals surface area contributed by atoms with Gasteiger partial charge in [-0.15, -0.1) is 0 Å². The van der Waals surface area contributed by atoms with Crippen LogP contribution in [-0.4, -0.2) is 16.4 Å². The zero-order chi connectivity index (χ0) is 16.6. The number of nitrogens with zero attached hydrogens (tertiary/aromatic N) is 1. The molecule has 1 aromatic heterocycles. The third-order valence-electron chi connectivity index (χ3n) is 3.43. The molecule has 0 unspecified atom stereocenters. The summed E-state index contributed by atoms with van der Waals surface area (Å²) in [6.45, 7) is 1.36. The van der Waals surface area contributed by atoms with Crippen LogP contribution in [0.25, 0.3) is 10.9 Å². The van der Waals surface area contributed by atoms with Crippen molar-refractivity contribution in [3.05, 3.63) is 64.5 Å². The van der Waals surface area contributed by atoms with E-state index in [2.05, 4.69) is 21.2 Å². The highest BCUT2D eigenvalue weighted by Gasteiger charge is 2.17. The molecule has 0 atom stereocenters. The molecule has 1 amide bonds. The number of carbonyl (C=O) groups is 2. The summed E-state index contributed by atoms with van der Waals surface area (Å²) in [5, 5.41) is 3.29. The summed E-state index contributed by atoms with van der Waals surface area (Å²) in [4.78, 5) is 24.2. The summed E-state index contributed by atoms with van der Waals surface area (Å²) in [5.41, 5.74) is 1.31. The van der Waals surface area contributed by atoms with E-state index >= 15 is 0 Å². The Hall–Kier alpha value is -2.47. The van der Waals surface area contributed by atoms with Gasteiger partial charge < -0.3 is 5.32 Å². The van der Waals surface area contributed by atoms with Crippen molar-refractivity contribution in [1.29, 1.82) is 0 Å². The first-order valence-corrected chi connectivity index (χ1v) is 7.63. The monoisotopic (exact) mass is 374 g/mol. The molecule has 116 valence electrons. The van der Waals surface area contributed by atoms with Crippen LogP contribution in [-0.2, 0) is 0 Å². The van der Waals surface area contributed by atoms with Crippen LogP contribution in [0.1, 0.15) is 22.1 Å². The van der Waals surface area contributed by atoms with E-state index in [0.29, 0.717) is 22.2 Å². The molecule has 23 heavy (non-hydrogen) atoms. The second-order valence-corrected chi connectivity index (χ2v) is 5.97. The molecular formula is C17H12BrFN2O2. The SMILES string of the molecule is CC(=O)n1cc(C(=O)Nc2cccc(Br)c2)c2ccc(F)cc21. The van der Waals surface area contributed by atoms with Gasteiger partial charge in [0, 0.05) is 28.7 Å². The molecule has 0 saturated carbocycles. The number of fused-ring (bicyclic) bond motifs is 1. The third kappa shape index (κ3) is 3.03. The second-order valence-electron chi connectivity index (χ2n) is 5.06. The lowest BCUT2D eigenvalue weighted by molar-refractivity contribution is 0.0941. The molecule has 0 spiro atoms. The molecular weight excluding hydrogens is 363 g/mol. The van der Waals surface area contributed by atoms with Gasteiger partial charge in [0.1, 0.15) is 5.82 Å². The van der Waals surface area contributed by atoms with Crippen molar-refractivity contribution < 1.29 is 14.0 Å². The molecule has 6 heteroatoms. The fraction of sp³-hybridized carbons (Fsp3) is 0.0588. The van der Waals surface area contributed by atoms with Crippen molar-refractivity contribution in [3.8, 4) is 0 Å². The van der Waals surface area contributed by atoms with E-state index in [9.17, 15) is 14.0 Å². The topological polar surface area (TPSA) is 51.1 Å². The summed E-state index contributed by atoms with van der Waals surface area (Å²) in [5.74, 6) is -1.11. The number of hydrogen-bond donors (Lipinski definition) is 1. The molecule has 0 radical (unpaired) electrons. The molecule has 1 N–H and O–H groups in total. The van der Waals surface area contributed by atoms with Gasteiger partial charge in [-0.2, -0.15) is 0 Å². The molecule has 0 aliphatic carbocycles. The Kier molecular flexibility index (Phi) is 4.00. The van der Waals surface area contributed by atoms with Gasteiger partial charge in [-0.3, -0.25) is 14.2 Å². The number of benzene rings is 2. The molecule has 2 aromatic carbocycles. The lowest BCUT2D eigenvalue weighted by atomic mass is 10.1. The minimum atomic E-state index is -0.461. The minimum Gasteiger partial charge on any atom is -0.322 e. The summed E-state index contributed by atoms with van der Waals surface area (Å²) in [6, 6.07) is 11.2. The first kappa shape index (κ1) is 15.4. The maximum absolute atomic E-state index is 13.5. The Morgan fingerprint density at radius 1 is 1.17 bits per heavy atom. The van der Waals surface area contributed by atoms with Crippen LogP contribution >= 0.6 is 15.9 Å². The smallest absolute Gasteiger partial charge is 0.257 e. The number of nitrogens with one attached hydrogen (secondary N) is 1. The number of amides is 1. The van der Waals surface area contributed by atoms with E-state index in [0.717, 1.165) is 4.47 Å². The maximum atomic E-state index is 13.5. The minimum absolute atomic E-state index is 0.290. The van der Waals surface area contributed by atoms with Crippen LogP contribution in [0.15, 0.2) is 53.1 Å². The normalized spacial score (nSPS) is 10.7. The van der Waals surface area contributed by atoms with Crippen LogP contribution in [0.2, 0.25) is 0 Å². The fourth-order valence-electron chi connectivity index (χ4n) is 2.41. The highest BCUT2D eigenvalue weighted by Crippen LogP contribution is 2.24. The van der Waals surface area contributed by atoms with Gasteiger partial charge in [-0.05, 0) is 36.4 Å². The van der Waals surface area contributed by atoms with Crippen LogP contribution in [0, 0.1) is 5.82 Å². The number of anilines is 1. The average molecular weight is 375 g/mol. The fourth-order valence-corrected chi connectivity index (χ4v) is 2.81. The van der Waals surface area contributed by atoms with Gasteiger partial charge >= 0.3 is 0 Å². The quantitative estimate of drug-likeness (QED) is 0.719. The van der Waals surface area contributed by atoms with Crippen LogP contribution in [0.5, 0.6) is 0 Å². The molecule has 1 heterocycles. The number of aromatic nitrogens is 1. The molecule has 0 fully saturated rings. The number of halogens is 2. The van der Waals surface area contributed by atoms with Gasteiger partial charge in [0.25, 0.3) is 5.91 Å². The summed E-state index contributed by atoms with van der Waals surface area (Å²) in [7, 11) is 0. The van der Waals surface area contributed by atoms with Gasteiger partial charge in [0.2, 0.25) is 5.91 Å². The van der Waals surface area contributed by atoms with Gasteiger partial charge in [-0.1, -0.05) is 22.0 Å². The molecule has 0 saturated heterocycles. The van der Waals surface area contributed by atoms with Gasteiger partial charge in [0.05, 0.1) is 11.1 Å². The summed E-state index contributed by atoms with van der Waals surface area (Å²) < 4.78 is 15.6. The summed E-state index contributed by atoms with van der Waals surface area (Å²) in [6.07, 6.45) is 1.43. The van der Waals surface area contributed by atoms with E-state index in [1.807, 2.05) is 6.07 Å². The van der Waals surface area contributed by atoms with E-state index in [1.165, 1.54) is 35.9 Å². The Morgan fingerprint density at radius 3 is 2.65 bits per heavy atom. The van der Waals surface area contributed by atoms with E-state index in [-0.39, 0.29) is 11.8 Å². The zero-order valence-corrected chi connectivity index (χ0v) is 13.7. The van der Waals surface area contributed by atoms with Crippen molar-refractivity contribution in [1.82, 2.24) is 4.57 Å². The summed E-state index contributed by atoms with van der Waals surface area (Å²) >= 11 is 3.34.